The summed E-state index contributed by atoms with van der Waals surface area (Å²) < 4.78 is 5.47. The van der Waals surface area contributed by atoms with E-state index in [2.05, 4.69) is 12.1 Å². The van der Waals surface area contributed by atoms with E-state index in [4.69, 9.17) is 4.42 Å². The van der Waals surface area contributed by atoms with Crippen LogP contribution >= 0.6 is 0 Å². The molecule has 1 aromatic heterocycles. The molecule has 0 unspecified atom stereocenters. The van der Waals surface area contributed by atoms with Crippen LogP contribution in [0.5, 0.6) is 0 Å². The maximum atomic E-state index is 12.3. The van der Waals surface area contributed by atoms with Crippen molar-refractivity contribution in [2.45, 2.75) is 0 Å². The lowest BCUT2D eigenvalue weighted by molar-refractivity contribution is 0.535. The summed E-state index contributed by atoms with van der Waals surface area (Å²) in [6.07, 6.45) is 0. The van der Waals surface area contributed by atoms with Gasteiger partial charge < -0.3 is 4.42 Å². The van der Waals surface area contributed by atoms with E-state index >= 15 is 0 Å². The molecule has 0 aliphatic rings. The van der Waals surface area contributed by atoms with Crippen LogP contribution in [0, 0.1) is 0 Å². The second kappa shape index (κ2) is 5.58. The van der Waals surface area contributed by atoms with Gasteiger partial charge in [0, 0.05) is 5.56 Å². The maximum absolute atomic E-state index is 12.3. The number of hydrogen-bond acceptors (Lipinski definition) is 2. The molecule has 4 aromatic rings. The zero-order chi connectivity index (χ0) is 15.6. The number of hydrogen-bond donors (Lipinski definition) is 0. The molecule has 0 fully saturated rings. The number of benzene rings is 3. The summed E-state index contributed by atoms with van der Waals surface area (Å²) in [5.41, 5.74) is 2.81. The lowest BCUT2D eigenvalue weighted by Crippen LogP contribution is -2.00. The van der Waals surface area contributed by atoms with Gasteiger partial charge in [-0.2, -0.15) is 0 Å². The van der Waals surface area contributed by atoms with Crippen LogP contribution in [0.1, 0.15) is 0 Å². The summed E-state index contributed by atoms with van der Waals surface area (Å²) >= 11 is 0. The van der Waals surface area contributed by atoms with E-state index in [9.17, 15) is 4.79 Å². The fraction of sp³-hybridized carbons (Fsp3) is 0. The van der Waals surface area contributed by atoms with Crippen LogP contribution < -0.4 is 5.63 Å². The van der Waals surface area contributed by atoms with Crippen LogP contribution in [0.4, 0.5) is 0 Å². The van der Waals surface area contributed by atoms with Crippen LogP contribution in [0.3, 0.4) is 0 Å². The van der Waals surface area contributed by atoms with Gasteiger partial charge in [0.25, 0.3) is 0 Å². The average Bonchev–Trinajstić information content (AvgIpc) is 2.63. The minimum absolute atomic E-state index is 0.305. The Kier molecular flexibility index (Phi) is 3.28. The Morgan fingerprint density at radius 1 is 0.609 bits per heavy atom. The fourth-order valence-electron chi connectivity index (χ4n) is 2.75. The van der Waals surface area contributed by atoms with Gasteiger partial charge in [0.2, 0.25) is 0 Å². The molecule has 0 radical (unpaired) electrons. The van der Waals surface area contributed by atoms with Crippen molar-refractivity contribution in [3.05, 3.63) is 95.3 Å². The van der Waals surface area contributed by atoms with Gasteiger partial charge in [-0.05, 0) is 34.7 Å². The minimum atomic E-state index is -0.305. The smallest absolute Gasteiger partial charge is 0.344 e. The molecule has 1 heterocycles. The summed E-state index contributed by atoms with van der Waals surface area (Å²) in [5, 5.41) is 1.49. The van der Waals surface area contributed by atoms with E-state index in [1.54, 1.807) is 0 Å². The molecule has 0 N–H and O–H groups in total. The molecule has 0 atom stereocenters. The Morgan fingerprint density at radius 2 is 1.26 bits per heavy atom. The van der Waals surface area contributed by atoms with E-state index in [1.165, 1.54) is 0 Å². The molecular weight excluding hydrogens is 284 g/mol. The molecule has 2 nitrogen and oxygen atoms in total. The zero-order valence-corrected chi connectivity index (χ0v) is 12.4. The standard InChI is InChI=1S/C21H14O2/c22-21-19-12-11-17(15-7-3-1-4-8-15)13-18(19)14-20(23-21)16-9-5-2-6-10-16/h1-14H. The van der Waals surface area contributed by atoms with E-state index < -0.39 is 0 Å². The molecule has 4 rings (SSSR count). The van der Waals surface area contributed by atoms with Gasteiger partial charge in [0.15, 0.2) is 0 Å². The SMILES string of the molecule is O=c1oc(-c2ccccc2)cc2cc(-c3ccccc3)ccc12. The third-order valence-corrected chi connectivity index (χ3v) is 3.93. The van der Waals surface area contributed by atoms with Crippen molar-refractivity contribution in [2.24, 2.45) is 0 Å². The molecule has 0 amide bonds. The number of rotatable bonds is 2. The first kappa shape index (κ1) is 13.5. The maximum Gasteiger partial charge on any atom is 0.344 e. The Labute approximate surface area is 133 Å². The van der Waals surface area contributed by atoms with Crippen LogP contribution in [0.2, 0.25) is 0 Å². The molecule has 3 aromatic carbocycles. The van der Waals surface area contributed by atoms with Crippen molar-refractivity contribution < 1.29 is 4.42 Å². The molecule has 0 aliphatic carbocycles. The summed E-state index contributed by atoms with van der Waals surface area (Å²) in [4.78, 5) is 12.3. The predicted octanol–water partition coefficient (Wildman–Crippen LogP) is 5.13. The summed E-state index contributed by atoms with van der Waals surface area (Å²) in [7, 11) is 0. The van der Waals surface area contributed by atoms with Crippen LogP contribution in [0.25, 0.3) is 33.2 Å². The van der Waals surface area contributed by atoms with Gasteiger partial charge in [-0.1, -0.05) is 66.7 Å². The van der Waals surface area contributed by atoms with Crippen molar-refractivity contribution in [3.8, 4) is 22.5 Å². The zero-order valence-electron chi connectivity index (χ0n) is 12.4. The second-order valence-electron chi connectivity index (χ2n) is 5.43. The highest BCUT2D eigenvalue weighted by Gasteiger charge is 2.08. The second-order valence-corrected chi connectivity index (χ2v) is 5.43. The number of fused-ring (bicyclic) bond motifs is 1. The van der Waals surface area contributed by atoms with Gasteiger partial charge in [-0.3, -0.25) is 0 Å². The van der Waals surface area contributed by atoms with Gasteiger partial charge >= 0.3 is 5.63 Å². The lowest BCUT2D eigenvalue weighted by atomic mass is 10.0. The third-order valence-electron chi connectivity index (χ3n) is 3.93. The van der Waals surface area contributed by atoms with Crippen molar-refractivity contribution in [1.29, 1.82) is 0 Å². The Bertz CT molecular complexity index is 1010. The Balaban J connectivity index is 1.92. The van der Waals surface area contributed by atoms with E-state index in [0.29, 0.717) is 11.1 Å². The van der Waals surface area contributed by atoms with Gasteiger partial charge in [-0.15, -0.1) is 0 Å². The molecule has 23 heavy (non-hydrogen) atoms. The van der Waals surface area contributed by atoms with E-state index in [0.717, 1.165) is 22.1 Å². The first-order chi connectivity index (χ1) is 11.3. The van der Waals surface area contributed by atoms with Gasteiger partial charge in [0.05, 0.1) is 5.39 Å². The highest BCUT2D eigenvalue weighted by molar-refractivity contribution is 5.88. The van der Waals surface area contributed by atoms with Crippen molar-refractivity contribution in [3.63, 3.8) is 0 Å². The molecule has 2 heteroatoms. The van der Waals surface area contributed by atoms with Gasteiger partial charge in [0.1, 0.15) is 5.76 Å². The van der Waals surface area contributed by atoms with Crippen molar-refractivity contribution in [1.82, 2.24) is 0 Å². The van der Waals surface area contributed by atoms with Crippen LogP contribution in [0.15, 0.2) is 94.1 Å². The molecule has 0 saturated carbocycles. The Morgan fingerprint density at radius 3 is 1.96 bits per heavy atom. The van der Waals surface area contributed by atoms with E-state index in [-0.39, 0.29) is 5.63 Å². The van der Waals surface area contributed by atoms with E-state index in [1.807, 2.05) is 72.8 Å². The molecular formula is C21H14O2. The molecule has 0 aliphatic heterocycles. The summed E-state index contributed by atoms with van der Waals surface area (Å²) in [5.74, 6) is 0.591. The quantitative estimate of drug-likeness (QED) is 0.513. The molecule has 0 saturated heterocycles. The van der Waals surface area contributed by atoms with Crippen LogP contribution in [-0.2, 0) is 0 Å². The van der Waals surface area contributed by atoms with Gasteiger partial charge in [-0.25, -0.2) is 4.79 Å². The van der Waals surface area contributed by atoms with Crippen molar-refractivity contribution in [2.75, 3.05) is 0 Å². The first-order valence-corrected chi connectivity index (χ1v) is 7.50. The van der Waals surface area contributed by atoms with Crippen molar-refractivity contribution >= 4 is 10.8 Å². The normalized spacial score (nSPS) is 10.8. The first-order valence-electron chi connectivity index (χ1n) is 7.50. The average molecular weight is 298 g/mol. The highest BCUT2D eigenvalue weighted by atomic mass is 16.4. The Hall–Kier alpha value is -3.13. The fourth-order valence-corrected chi connectivity index (χ4v) is 2.75. The minimum Gasteiger partial charge on any atom is -0.422 e. The predicted molar refractivity (Wildman–Crippen MR) is 93.4 cm³/mol. The molecule has 110 valence electrons. The summed E-state index contributed by atoms with van der Waals surface area (Å²) in [6, 6.07) is 27.6. The molecule has 0 spiro atoms. The van der Waals surface area contributed by atoms with Crippen LogP contribution in [-0.4, -0.2) is 0 Å². The molecule has 0 bridgehead atoms. The topological polar surface area (TPSA) is 30.2 Å². The lowest BCUT2D eigenvalue weighted by Gasteiger charge is -2.05. The summed E-state index contributed by atoms with van der Waals surface area (Å²) in [6.45, 7) is 0. The monoisotopic (exact) mass is 298 g/mol. The highest BCUT2D eigenvalue weighted by Crippen LogP contribution is 2.26. The third kappa shape index (κ3) is 2.55. The largest absolute Gasteiger partial charge is 0.422 e.